The van der Waals surface area contributed by atoms with E-state index in [1.807, 2.05) is 13.8 Å². The number of nitrogens with zero attached hydrogens (tertiary/aromatic N) is 1. The molecule has 0 bridgehead atoms. The van der Waals surface area contributed by atoms with Crippen molar-refractivity contribution in [1.29, 1.82) is 0 Å². The van der Waals surface area contributed by atoms with Crippen molar-refractivity contribution in [3.63, 3.8) is 0 Å². The Morgan fingerprint density at radius 1 is 1.29 bits per heavy atom. The third-order valence-corrected chi connectivity index (χ3v) is 5.30. The molecule has 5 nitrogen and oxygen atoms in total. The Labute approximate surface area is 125 Å². The Bertz CT molecular complexity index is 607. The smallest absolute Gasteiger partial charge is 0.253 e. The molecule has 2 rings (SSSR count). The topological polar surface area (TPSA) is 63.7 Å². The summed E-state index contributed by atoms with van der Waals surface area (Å²) in [6.07, 6.45) is 0.594. The van der Waals surface area contributed by atoms with Gasteiger partial charge in [-0.1, -0.05) is 0 Å². The minimum Gasteiger partial charge on any atom is -0.491 e. The van der Waals surface area contributed by atoms with Gasteiger partial charge in [0.05, 0.1) is 17.6 Å². The quantitative estimate of drug-likeness (QED) is 0.849. The first-order chi connectivity index (χ1) is 9.78. The van der Waals surface area contributed by atoms with Crippen LogP contribution in [0.3, 0.4) is 0 Å². The Hall–Kier alpha value is -1.56. The van der Waals surface area contributed by atoms with Crippen molar-refractivity contribution in [1.82, 2.24) is 4.90 Å². The zero-order chi connectivity index (χ0) is 15.6. The highest BCUT2D eigenvalue weighted by molar-refractivity contribution is 7.91. The fraction of sp³-hybridized carbons (Fsp3) is 0.533. The van der Waals surface area contributed by atoms with Crippen LogP contribution in [0.5, 0.6) is 5.75 Å². The molecule has 1 fully saturated rings. The van der Waals surface area contributed by atoms with Crippen LogP contribution < -0.4 is 4.74 Å². The lowest BCUT2D eigenvalue weighted by Crippen LogP contribution is -2.37. The number of carbonyl (C=O) groups excluding carboxylic acids is 1. The molecular weight excluding hydrogens is 290 g/mol. The number of benzene rings is 1. The van der Waals surface area contributed by atoms with Gasteiger partial charge in [0.1, 0.15) is 5.75 Å². The fourth-order valence-electron chi connectivity index (χ4n) is 2.40. The van der Waals surface area contributed by atoms with E-state index in [2.05, 4.69) is 0 Å². The average Bonchev–Trinajstić information content (AvgIpc) is 2.77. The van der Waals surface area contributed by atoms with Crippen molar-refractivity contribution in [3.8, 4) is 5.75 Å². The summed E-state index contributed by atoms with van der Waals surface area (Å²) in [6.45, 7) is 3.88. The highest BCUT2D eigenvalue weighted by Gasteiger charge is 2.32. The minimum atomic E-state index is -2.99. The standard InChI is InChI=1S/C15H21NO4S/c1-11(2)20-14-6-4-12(5-7-14)15(17)16(3)13-8-9-21(18,19)10-13/h4-7,11,13H,8-10H2,1-3H3/t13-/m0/s1. The number of hydrogen-bond donors (Lipinski definition) is 0. The number of ether oxygens (including phenoxy) is 1. The van der Waals surface area contributed by atoms with Gasteiger partial charge in [0.15, 0.2) is 9.84 Å². The van der Waals surface area contributed by atoms with Crippen molar-refractivity contribution in [2.45, 2.75) is 32.4 Å². The normalized spacial score (nSPS) is 20.5. The molecule has 0 saturated carbocycles. The molecule has 0 spiro atoms. The molecule has 0 aliphatic carbocycles. The molecule has 1 atom stereocenters. The van der Waals surface area contributed by atoms with Crippen molar-refractivity contribution in [2.75, 3.05) is 18.6 Å². The van der Waals surface area contributed by atoms with E-state index in [0.29, 0.717) is 17.7 Å². The van der Waals surface area contributed by atoms with Gasteiger partial charge in [0, 0.05) is 18.7 Å². The summed E-state index contributed by atoms with van der Waals surface area (Å²) >= 11 is 0. The van der Waals surface area contributed by atoms with Gasteiger partial charge in [0.2, 0.25) is 0 Å². The highest BCUT2D eigenvalue weighted by atomic mass is 32.2. The molecule has 21 heavy (non-hydrogen) atoms. The van der Waals surface area contributed by atoms with E-state index in [-0.39, 0.29) is 29.6 Å². The van der Waals surface area contributed by atoms with Gasteiger partial charge in [-0.05, 0) is 44.5 Å². The van der Waals surface area contributed by atoms with E-state index in [4.69, 9.17) is 4.74 Å². The van der Waals surface area contributed by atoms with Gasteiger partial charge in [-0.15, -0.1) is 0 Å². The molecule has 1 saturated heterocycles. The molecule has 0 unspecified atom stereocenters. The van der Waals surface area contributed by atoms with Gasteiger partial charge < -0.3 is 9.64 Å². The molecule has 1 heterocycles. The van der Waals surface area contributed by atoms with Crippen molar-refractivity contribution < 1.29 is 17.9 Å². The first kappa shape index (κ1) is 15.8. The van der Waals surface area contributed by atoms with Crippen LogP contribution in [0, 0.1) is 0 Å². The largest absolute Gasteiger partial charge is 0.491 e. The summed E-state index contributed by atoms with van der Waals surface area (Å²) < 4.78 is 28.5. The fourth-order valence-corrected chi connectivity index (χ4v) is 4.17. The zero-order valence-electron chi connectivity index (χ0n) is 12.6. The van der Waals surface area contributed by atoms with Crippen LogP contribution in [0.4, 0.5) is 0 Å². The third-order valence-electron chi connectivity index (χ3n) is 3.55. The van der Waals surface area contributed by atoms with E-state index in [1.54, 1.807) is 31.3 Å². The van der Waals surface area contributed by atoms with Crippen molar-refractivity contribution in [2.24, 2.45) is 0 Å². The molecule has 116 valence electrons. The van der Waals surface area contributed by atoms with Crippen LogP contribution in [0.15, 0.2) is 24.3 Å². The maximum Gasteiger partial charge on any atom is 0.253 e. The van der Waals surface area contributed by atoms with E-state index in [0.717, 1.165) is 0 Å². The zero-order valence-corrected chi connectivity index (χ0v) is 13.4. The van der Waals surface area contributed by atoms with Gasteiger partial charge in [-0.2, -0.15) is 0 Å². The van der Waals surface area contributed by atoms with Crippen LogP contribution in [0.25, 0.3) is 0 Å². The van der Waals surface area contributed by atoms with Gasteiger partial charge in [-0.3, -0.25) is 4.79 Å². The number of amides is 1. The lowest BCUT2D eigenvalue weighted by molar-refractivity contribution is 0.0747. The van der Waals surface area contributed by atoms with Gasteiger partial charge >= 0.3 is 0 Å². The van der Waals surface area contributed by atoms with Crippen LogP contribution in [0.2, 0.25) is 0 Å². The molecule has 1 aromatic rings. The second-order valence-corrected chi connectivity index (χ2v) is 7.89. The SMILES string of the molecule is CC(C)Oc1ccc(C(=O)N(C)[C@H]2CCS(=O)(=O)C2)cc1. The van der Waals surface area contributed by atoms with Crippen LogP contribution in [-0.2, 0) is 9.84 Å². The molecule has 0 aromatic heterocycles. The Morgan fingerprint density at radius 2 is 1.90 bits per heavy atom. The van der Waals surface area contributed by atoms with Crippen LogP contribution >= 0.6 is 0 Å². The van der Waals surface area contributed by atoms with Crippen molar-refractivity contribution >= 4 is 15.7 Å². The molecule has 0 radical (unpaired) electrons. The number of sulfone groups is 1. The minimum absolute atomic E-state index is 0.0593. The first-order valence-electron chi connectivity index (χ1n) is 7.03. The van der Waals surface area contributed by atoms with Crippen LogP contribution in [-0.4, -0.2) is 49.9 Å². The number of rotatable bonds is 4. The monoisotopic (exact) mass is 311 g/mol. The molecule has 1 aliphatic rings. The lowest BCUT2D eigenvalue weighted by atomic mass is 10.1. The maximum absolute atomic E-state index is 12.4. The molecule has 0 N–H and O–H groups in total. The molecule has 1 aliphatic heterocycles. The molecular formula is C15H21NO4S. The first-order valence-corrected chi connectivity index (χ1v) is 8.85. The van der Waals surface area contributed by atoms with E-state index in [1.165, 1.54) is 4.90 Å². The molecule has 1 aromatic carbocycles. The second-order valence-electron chi connectivity index (χ2n) is 5.66. The van der Waals surface area contributed by atoms with Gasteiger partial charge in [-0.25, -0.2) is 8.42 Å². The second kappa shape index (κ2) is 6.05. The summed E-state index contributed by atoms with van der Waals surface area (Å²) in [7, 11) is -1.33. The molecule has 1 amide bonds. The van der Waals surface area contributed by atoms with E-state index >= 15 is 0 Å². The van der Waals surface area contributed by atoms with Crippen LogP contribution in [0.1, 0.15) is 30.6 Å². The predicted molar refractivity (Wildman–Crippen MR) is 81.4 cm³/mol. The summed E-state index contributed by atoms with van der Waals surface area (Å²) in [6, 6.07) is 6.70. The lowest BCUT2D eigenvalue weighted by Gasteiger charge is -2.23. The van der Waals surface area contributed by atoms with Crippen molar-refractivity contribution in [3.05, 3.63) is 29.8 Å². The van der Waals surface area contributed by atoms with E-state index in [9.17, 15) is 13.2 Å². The summed E-state index contributed by atoms with van der Waals surface area (Å²) in [5.41, 5.74) is 0.540. The van der Waals surface area contributed by atoms with E-state index < -0.39 is 9.84 Å². The maximum atomic E-state index is 12.4. The average molecular weight is 311 g/mol. The summed E-state index contributed by atoms with van der Waals surface area (Å²) in [5, 5.41) is 0. The summed E-state index contributed by atoms with van der Waals surface area (Å²) in [4.78, 5) is 13.9. The Kier molecular flexibility index (Phi) is 4.56. The number of carbonyl (C=O) groups is 1. The Morgan fingerprint density at radius 3 is 2.38 bits per heavy atom. The third kappa shape index (κ3) is 3.97. The number of hydrogen-bond acceptors (Lipinski definition) is 4. The highest BCUT2D eigenvalue weighted by Crippen LogP contribution is 2.20. The summed E-state index contributed by atoms with van der Waals surface area (Å²) in [5.74, 6) is 0.779. The Balaban J connectivity index is 2.06. The van der Waals surface area contributed by atoms with Gasteiger partial charge in [0.25, 0.3) is 5.91 Å². The predicted octanol–water partition coefficient (Wildman–Crippen LogP) is 1.73. The molecule has 6 heteroatoms.